The summed E-state index contributed by atoms with van der Waals surface area (Å²) < 4.78 is 43.4. The summed E-state index contributed by atoms with van der Waals surface area (Å²) in [6.45, 7) is 3.58. The molecule has 0 spiro atoms. The maximum absolute atomic E-state index is 13.2. The molecule has 3 aromatic rings. The van der Waals surface area contributed by atoms with Gasteiger partial charge < -0.3 is 5.32 Å². The Morgan fingerprint density at radius 2 is 1.90 bits per heavy atom. The Kier molecular flexibility index (Phi) is 5.17. The average Bonchev–Trinajstić information content (AvgIpc) is 3.09. The van der Waals surface area contributed by atoms with Crippen LogP contribution >= 0.6 is 0 Å². The number of fused-ring (bicyclic) bond motifs is 1. The number of carbonyl (C=O) groups is 1. The zero-order valence-corrected chi connectivity index (χ0v) is 17.3. The van der Waals surface area contributed by atoms with Crippen molar-refractivity contribution in [2.24, 2.45) is 0 Å². The molecule has 7 nitrogen and oxygen atoms in total. The molecule has 1 aliphatic heterocycles. The number of amides is 1. The number of sulfonamides is 1. The number of anilines is 1. The van der Waals surface area contributed by atoms with Crippen molar-refractivity contribution in [3.63, 3.8) is 0 Å². The Morgan fingerprint density at radius 1 is 1.17 bits per heavy atom. The van der Waals surface area contributed by atoms with Crippen molar-refractivity contribution in [2.45, 2.75) is 37.6 Å². The van der Waals surface area contributed by atoms with Gasteiger partial charge in [0.1, 0.15) is 5.82 Å². The highest BCUT2D eigenvalue weighted by atomic mass is 32.2. The highest BCUT2D eigenvalue weighted by Crippen LogP contribution is 2.27. The molecule has 0 radical (unpaired) electrons. The van der Waals surface area contributed by atoms with Gasteiger partial charge in [0.15, 0.2) is 0 Å². The van der Waals surface area contributed by atoms with Gasteiger partial charge in [-0.1, -0.05) is 0 Å². The first-order chi connectivity index (χ1) is 14.2. The lowest BCUT2D eigenvalue weighted by molar-refractivity contribution is -0.116. The molecule has 0 saturated carbocycles. The lowest BCUT2D eigenvalue weighted by Crippen LogP contribution is -2.27. The molecule has 0 saturated heterocycles. The van der Waals surface area contributed by atoms with Crippen LogP contribution < -0.4 is 10.0 Å². The molecule has 30 heavy (non-hydrogen) atoms. The number of benzene rings is 2. The van der Waals surface area contributed by atoms with Crippen LogP contribution in [-0.2, 0) is 21.2 Å². The molecule has 0 bridgehead atoms. The van der Waals surface area contributed by atoms with Crippen LogP contribution in [0, 0.1) is 12.7 Å². The third-order valence-corrected chi connectivity index (χ3v) is 6.74. The number of hydrogen-bond acceptors (Lipinski definition) is 4. The molecule has 4 rings (SSSR count). The molecule has 156 valence electrons. The number of halogens is 1. The molecule has 2 heterocycles. The van der Waals surface area contributed by atoms with Crippen molar-refractivity contribution in [1.82, 2.24) is 14.5 Å². The van der Waals surface area contributed by atoms with E-state index in [-0.39, 0.29) is 16.6 Å². The lowest BCUT2D eigenvalue weighted by atomic mass is 10.0. The van der Waals surface area contributed by atoms with Crippen LogP contribution in [-0.4, -0.2) is 24.1 Å². The Hall–Kier alpha value is -3.04. The van der Waals surface area contributed by atoms with Crippen molar-refractivity contribution in [1.29, 1.82) is 0 Å². The van der Waals surface area contributed by atoms with Crippen molar-refractivity contribution in [3.05, 3.63) is 71.3 Å². The first-order valence-electron chi connectivity index (χ1n) is 9.50. The number of aryl methyl sites for hydroxylation is 1. The summed E-state index contributed by atoms with van der Waals surface area (Å²) >= 11 is 0. The van der Waals surface area contributed by atoms with Gasteiger partial charge in [-0.05, 0) is 68.3 Å². The molecule has 0 unspecified atom stereocenters. The molecule has 1 aromatic heterocycles. The summed E-state index contributed by atoms with van der Waals surface area (Å²) in [5.74, 6) is -0.409. The van der Waals surface area contributed by atoms with E-state index in [9.17, 15) is 17.6 Å². The zero-order chi connectivity index (χ0) is 21.5. The molecule has 0 aliphatic carbocycles. The predicted octanol–water partition coefficient (Wildman–Crippen LogP) is 3.24. The Morgan fingerprint density at radius 3 is 2.63 bits per heavy atom. The van der Waals surface area contributed by atoms with Crippen LogP contribution in [0.2, 0.25) is 0 Å². The summed E-state index contributed by atoms with van der Waals surface area (Å²) in [7, 11) is -3.78. The Labute approximate surface area is 174 Å². The fraction of sp³-hybridized carbons (Fsp3) is 0.238. The summed E-state index contributed by atoms with van der Waals surface area (Å²) in [4.78, 5) is 11.6. The number of hydrogen-bond donors (Lipinski definition) is 2. The van der Waals surface area contributed by atoms with Crippen LogP contribution in [0.1, 0.15) is 36.2 Å². The third kappa shape index (κ3) is 3.86. The van der Waals surface area contributed by atoms with Crippen LogP contribution in [0.25, 0.3) is 5.69 Å². The van der Waals surface area contributed by atoms with E-state index in [1.807, 2.05) is 6.92 Å². The van der Waals surface area contributed by atoms with Crippen molar-refractivity contribution < 1.29 is 17.6 Å². The van der Waals surface area contributed by atoms with Gasteiger partial charge in [-0.2, -0.15) is 5.10 Å². The van der Waals surface area contributed by atoms with E-state index in [1.165, 1.54) is 18.2 Å². The molecule has 2 aromatic carbocycles. The van der Waals surface area contributed by atoms with E-state index in [0.717, 1.165) is 11.3 Å². The van der Waals surface area contributed by atoms with Crippen LogP contribution in [0.5, 0.6) is 0 Å². The molecule has 1 atom stereocenters. The van der Waals surface area contributed by atoms with Gasteiger partial charge in [0.2, 0.25) is 15.9 Å². The topological polar surface area (TPSA) is 93.1 Å². The van der Waals surface area contributed by atoms with E-state index < -0.39 is 16.1 Å². The summed E-state index contributed by atoms with van der Waals surface area (Å²) in [6, 6.07) is 10.1. The molecule has 1 amide bonds. The first kappa shape index (κ1) is 20.2. The van der Waals surface area contributed by atoms with Gasteiger partial charge in [0.05, 0.1) is 16.8 Å². The number of nitrogens with one attached hydrogen (secondary N) is 2. The number of aromatic nitrogens is 2. The third-order valence-electron chi connectivity index (χ3n) is 5.20. The quantitative estimate of drug-likeness (QED) is 0.652. The monoisotopic (exact) mass is 428 g/mol. The Bertz CT molecular complexity index is 1220. The molecule has 2 N–H and O–H groups in total. The van der Waals surface area contributed by atoms with Crippen LogP contribution in [0.3, 0.4) is 0 Å². The van der Waals surface area contributed by atoms with Gasteiger partial charge in [-0.15, -0.1) is 0 Å². The average molecular weight is 428 g/mol. The Balaban J connectivity index is 1.57. The van der Waals surface area contributed by atoms with Gasteiger partial charge in [-0.3, -0.25) is 4.79 Å². The molecule has 9 heteroatoms. The van der Waals surface area contributed by atoms with E-state index in [1.54, 1.807) is 42.1 Å². The van der Waals surface area contributed by atoms with E-state index in [4.69, 9.17) is 0 Å². The lowest BCUT2D eigenvalue weighted by Gasteiger charge is -2.19. The molecule has 1 aliphatic rings. The molecule has 0 fully saturated rings. The second-order valence-corrected chi connectivity index (χ2v) is 9.00. The van der Waals surface area contributed by atoms with Crippen molar-refractivity contribution in [2.75, 3.05) is 5.32 Å². The fourth-order valence-electron chi connectivity index (χ4n) is 3.58. The second-order valence-electron chi connectivity index (χ2n) is 7.28. The number of nitrogens with zero attached hydrogens (tertiary/aromatic N) is 2. The predicted molar refractivity (Wildman–Crippen MR) is 110 cm³/mol. The van der Waals surface area contributed by atoms with Crippen molar-refractivity contribution >= 4 is 21.6 Å². The minimum absolute atomic E-state index is 0.0708. The summed E-state index contributed by atoms with van der Waals surface area (Å²) in [5.41, 5.74) is 3.60. The van der Waals surface area contributed by atoms with Gasteiger partial charge in [0.25, 0.3) is 0 Å². The van der Waals surface area contributed by atoms with Crippen molar-refractivity contribution in [3.8, 4) is 5.69 Å². The standard InChI is InChI=1S/C21H21FN4O3S/c1-13(19-12-23-26(14(19)2)17-6-4-16(22)5-7-17)25-30(28,29)18-8-9-20-15(11-18)3-10-21(27)24-20/h4-9,11-13,25H,3,10H2,1-2H3,(H,24,27)/t13-/m0/s1. The fourth-order valence-corrected chi connectivity index (χ4v) is 4.85. The minimum atomic E-state index is -3.78. The van der Waals surface area contributed by atoms with Crippen LogP contribution in [0.15, 0.2) is 53.6 Å². The van der Waals surface area contributed by atoms with E-state index in [0.29, 0.717) is 29.8 Å². The maximum atomic E-state index is 13.2. The minimum Gasteiger partial charge on any atom is -0.326 e. The summed E-state index contributed by atoms with van der Waals surface area (Å²) in [6.07, 6.45) is 2.44. The largest absolute Gasteiger partial charge is 0.326 e. The highest BCUT2D eigenvalue weighted by Gasteiger charge is 2.24. The molecular formula is C21H21FN4O3S. The van der Waals surface area contributed by atoms with Gasteiger partial charge in [0, 0.05) is 29.4 Å². The normalized spacial score (nSPS) is 14.8. The van der Waals surface area contributed by atoms with Gasteiger partial charge in [-0.25, -0.2) is 22.2 Å². The first-order valence-corrected chi connectivity index (χ1v) is 11.0. The van der Waals surface area contributed by atoms with Gasteiger partial charge >= 0.3 is 0 Å². The van der Waals surface area contributed by atoms with Crippen LogP contribution in [0.4, 0.5) is 10.1 Å². The number of carbonyl (C=O) groups excluding carboxylic acids is 1. The van der Waals surface area contributed by atoms with E-state index >= 15 is 0 Å². The smallest absolute Gasteiger partial charge is 0.241 e. The maximum Gasteiger partial charge on any atom is 0.241 e. The highest BCUT2D eigenvalue weighted by molar-refractivity contribution is 7.89. The summed E-state index contributed by atoms with van der Waals surface area (Å²) in [5, 5.41) is 7.07. The molecular weight excluding hydrogens is 407 g/mol. The SMILES string of the molecule is Cc1c([C@H](C)NS(=O)(=O)c2ccc3c(c2)CCC(=O)N3)cnn1-c1ccc(F)cc1. The zero-order valence-electron chi connectivity index (χ0n) is 16.5. The second kappa shape index (κ2) is 7.66. The number of rotatable bonds is 5. The van der Waals surface area contributed by atoms with E-state index in [2.05, 4.69) is 15.1 Å².